The first-order chi connectivity index (χ1) is 8.83. The SMILES string of the molecule is COCCNCCOC.COCCNCCOC. The van der Waals surface area contributed by atoms with Gasteiger partial charge in [0.2, 0.25) is 0 Å². The third-order valence-electron chi connectivity index (χ3n) is 1.93. The van der Waals surface area contributed by atoms with Crippen molar-refractivity contribution in [3.05, 3.63) is 0 Å². The van der Waals surface area contributed by atoms with Gasteiger partial charge in [-0.05, 0) is 0 Å². The zero-order valence-corrected chi connectivity index (χ0v) is 12.3. The minimum Gasteiger partial charge on any atom is -0.383 e. The van der Waals surface area contributed by atoms with Crippen LogP contribution in [0.15, 0.2) is 0 Å². The van der Waals surface area contributed by atoms with Gasteiger partial charge < -0.3 is 29.6 Å². The van der Waals surface area contributed by atoms with E-state index < -0.39 is 0 Å². The van der Waals surface area contributed by atoms with Crippen molar-refractivity contribution >= 4 is 0 Å². The van der Waals surface area contributed by atoms with Crippen molar-refractivity contribution in [3.63, 3.8) is 0 Å². The molecular formula is C12H30N2O4. The molecule has 0 saturated heterocycles. The van der Waals surface area contributed by atoms with Gasteiger partial charge in [0.25, 0.3) is 0 Å². The molecule has 112 valence electrons. The molecule has 18 heavy (non-hydrogen) atoms. The monoisotopic (exact) mass is 266 g/mol. The molecule has 0 aliphatic carbocycles. The van der Waals surface area contributed by atoms with Gasteiger partial charge in [-0.1, -0.05) is 0 Å². The first-order valence-electron chi connectivity index (χ1n) is 6.20. The van der Waals surface area contributed by atoms with E-state index in [1.165, 1.54) is 0 Å². The molecule has 6 heteroatoms. The lowest BCUT2D eigenvalue weighted by Crippen LogP contribution is -2.23. The lowest BCUT2D eigenvalue weighted by molar-refractivity contribution is 0.180. The molecule has 0 aliphatic heterocycles. The van der Waals surface area contributed by atoms with Crippen molar-refractivity contribution in [2.75, 3.05) is 81.0 Å². The molecule has 0 rings (SSSR count). The number of rotatable bonds is 12. The Bertz CT molecular complexity index is 103. The maximum absolute atomic E-state index is 4.82. The van der Waals surface area contributed by atoms with Crippen LogP contribution in [0.2, 0.25) is 0 Å². The highest BCUT2D eigenvalue weighted by atomic mass is 16.5. The zero-order valence-electron chi connectivity index (χ0n) is 12.3. The average Bonchev–Trinajstić information content (AvgIpc) is 2.39. The second kappa shape index (κ2) is 22.0. The number of ether oxygens (including phenoxy) is 4. The van der Waals surface area contributed by atoms with E-state index in [4.69, 9.17) is 18.9 Å². The van der Waals surface area contributed by atoms with Crippen LogP contribution in [0.4, 0.5) is 0 Å². The van der Waals surface area contributed by atoms with Crippen molar-refractivity contribution in [2.24, 2.45) is 0 Å². The van der Waals surface area contributed by atoms with Crippen LogP contribution in [0.1, 0.15) is 0 Å². The molecule has 0 aromatic carbocycles. The van der Waals surface area contributed by atoms with Crippen LogP contribution in [0, 0.1) is 0 Å². The highest BCUT2D eigenvalue weighted by molar-refractivity contribution is 4.43. The lowest BCUT2D eigenvalue weighted by atomic mass is 10.6. The highest BCUT2D eigenvalue weighted by Gasteiger charge is 1.83. The van der Waals surface area contributed by atoms with Gasteiger partial charge in [-0.3, -0.25) is 0 Å². The highest BCUT2D eigenvalue weighted by Crippen LogP contribution is 1.66. The van der Waals surface area contributed by atoms with Crippen molar-refractivity contribution in [3.8, 4) is 0 Å². The van der Waals surface area contributed by atoms with Gasteiger partial charge in [0.1, 0.15) is 0 Å². The number of nitrogens with one attached hydrogen (secondary N) is 2. The Morgan fingerprint density at radius 3 is 0.889 bits per heavy atom. The number of methoxy groups -OCH3 is 4. The van der Waals surface area contributed by atoms with Gasteiger partial charge in [-0.25, -0.2) is 0 Å². The van der Waals surface area contributed by atoms with E-state index in [2.05, 4.69) is 10.6 Å². The first-order valence-corrected chi connectivity index (χ1v) is 6.20. The summed E-state index contributed by atoms with van der Waals surface area (Å²) in [5.74, 6) is 0. The molecule has 0 aromatic heterocycles. The normalized spacial score (nSPS) is 10.0. The molecule has 2 N–H and O–H groups in total. The Kier molecular flexibility index (Phi) is 24.5. The molecule has 0 radical (unpaired) electrons. The Balaban J connectivity index is 0. The molecule has 6 nitrogen and oxygen atoms in total. The van der Waals surface area contributed by atoms with E-state index in [0.29, 0.717) is 0 Å². The Morgan fingerprint density at radius 2 is 0.722 bits per heavy atom. The molecular weight excluding hydrogens is 236 g/mol. The van der Waals surface area contributed by atoms with E-state index in [9.17, 15) is 0 Å². The van der Waals surface area contributed by atoms with Crippen molar-refractivity contribution in [2.45, 2.75) is 0 Å². The van der Waals surface area contributed by atoms with Crippen LogP contribution in [0.3, 0.4) is 0 Å². The zero-order chi connectivity index (χ0) is 13.9. The van der Waals surface area contributed by atoms with E-state index in [0.717, 1.165) is 52.6 Å². The standard InChI is InChI=1S/2C6H15NO2/c2*1-8-5-3-7-4-6-9-2/h2*7H,3-6H2,1-2H3. The van der Waals surface area contributed by atoms with E-state index >= 15 is 0 Å². The minimum atomic E-state index is 0.768. The van der Waals surface area contributed by atoms with Crippen molar-refractivity contribution < 1.29 is 18.9 Å². The summed E-state index contributed by atoms with van der Waals surface area (Å²) in [7, 11) is 6.77. The van der Waals surface area contributed by atoms with Crippen LogP contribution >= 0.6 is 0 Å². The van der Waals surface area contributed by atoms with Crippen LogP contribution in [0.5, 0.6) is 0 Å². The Hall–Kier alpha value is -0.240. The summed E-state index contributed by atoms with van der Waals surface area (Å²) in [5.41, 5.74) is 0. The lowest BCUT2D eigenvalue weighted by Gasteiger charge is -2.01. The van der Waals surface area contributed by atoms with Gasteiger partial charge in [-0.2, -0.15) is 0 Å². The Morgan fingerprint density at radius 1 is 0.500 bits per heavy atom. The number of hydrogen-bond acceptors (Lipinski definition) is 6. The van der Waals surface area contributed by atoms with E-state index in [-0.39, 0.29) is 0 Å². The molecule has 0 amide bonds. The average molecular weight is 266 g/mol. The molecule has 0 bridgehead atoms. The fourth-order valence-electron chi connectivity index (χ4n) is 0.947. The van der Waals surface area contributed by atoms with E-state index in [1.54, 1.807) is 28.4 Å². The predicted octanol–water partition coefficient (Wildman–Crippen LogP) is -0.262. The first kappa shape index (κ1) is 20.1. The van der Waals surface area contributed by atoms with Crippen molar-refractivity contribution in [1.29, 1.82) is 0 Å². The van der Waals surface area contributed by atoms with Crippen LogP contribution in [-0.2, 0) is 18.9 Å². The summed E-state index contributed by atoms with van der Waals surface area (Å²) >= 11 is 0. The van der Waals surface area contributed by atoms with Crippen LogP contribution in [-0.4, -0.2) is 81.0 Å². The fourth-order valence-corrected chi connectivity index (χ4v) is 0.947. The van der Waals surface area contributed by atoms with Gasteiger partial charge in [-0.15, -0.1) is 0 Å². The summed E-state index contributed by atoms with van der Waals surface area (Å²) < 4.78 is 19.3. The largest absolute Gasteiger partial charge is 0.383 e. The summed E-state index contributed by atoms with van der Waals surface area (Å²) in [6.07, 6.45) is 0. The quantitative estimate of drug-likeness (QED) is 0.475. The fraction of sp³-hybridized carbons (Fsp3) is 1.00. The predicted molar refractivity (Wildman–Crippen MR) is 73.2 cm³/mol. The second-order valence-electron chi connectivity index (χ2n) is 3.47. The summed E-state index contributed by atoms with van der Waals surface area (Å²) in [6, 6.07) is 0. The molecule has 0 unspecified atom stereocenters. The third-order valence-corrected chi connectivity index (χ3v) is 1.93. The molecule has 0 saturated carbocycles. The molecule has 0 aliphatic rings. The third kappa shape index (κ3) is 24.8. The van der Waals surface area contributed by atoms with Gasteiger partial charge in [0, 0.05) is 54.6 Å². The van der Waals surface area contributed by atoms with Gasteiger partial charge in [0.05, 0.1) is 26.4 Å². The Labute approximate surface area is 111 Å². The summed E-state index contributed by atoms with van der Waals surface area (Å²) in [6.45, 7) is 6.68. The maximum atomic E-state index is 4.82. The molecule has 0 atom stereocenters. The molecule has 0 spiro atoms. The summed E-state index contributed by atoms with van der Waals surface area (Å²) in [5, 5.41) is 6.27. The van der Waals surface area contributed by atoms with Gasteiger partial charge in [0.15, 0.2) is 0 Å². The van der Waals surface area contributed by atoms with Crippen molar-refractivity contribution in [1.82, 2.24) is 10.6 Å². The molecule has 0 heterocycles. The molecule has 0 fully saturated rings. The molecule has 0 aromatic rings. The second-order valence-corrected chi connectivity index (χ2v) is 3.47. The topological polar surface area (TPSA) is 61.0 Å². The summed E-state index contributed by atoms with van der Waals surface area (Å²) in [4.78, 5) is 0. The van der Waals surface area contributed by atoms with E-state index in [1.807, 2.05) is 0 Å². The number of hydrogen-bond donors (Lipinski definition) is 2. The minimum absolute atomic E-state index is 0.768. The van der Waals surface area contributed by atoms with Crippen LogP contribution in [0.25, 0.3) is 0 Å². The smallest absolute Gasteiger partial charge is 0.0587 e. The maximum Gasteiger partial charge on any atom is 0.0587 e. The van der Waals surface area contributed by atoms with Gasteiger partial charge >= 0.3 is 0 Å². The van der Waals surface area contributed by atoms with Crippen LogP contribution < -0.4 is 10.6 Å².